The molecule has 0 aliphatic carbocycles. The molecule has 0 aromatic carbocycles. The minimum atomic E-state index is 0.108. The first-order valence-electron chi connectivity index (χ1n) is 4.20. The third kappa shape index (κ3) is 1.54. The van der Waals surface area contributed by atoms with Crippen LogP contribution in [0.4, 0.5) is 0 Å². The molecule has 2 rings (SSSR count). The van der Waals surface area contributed by atoms with Crippen LogP contribution in [0.25, 0.3) is 11.5 Å². The van der Waals surface area contributed by atoms with Crippen molar-refractivity contribution in [3.05, 3.63) is 36.3 Å². The van der Waals surface area contributed by atoms with E-state index in [1.807, 2.05) is 6.92 Å². The maximum absolute atomic E-state index is 9.60. The van der Waals surface area contributed by atoms with E-state index in [9.17, 15) is 5.11 Å². The molecule has 0 aliphatic heterocycles. The van der Waals surface area contributed by atoms with Crippen molar-refractivity contribution in [1.29, 1.82) is 0 Å². The fraction of sp³-hybridized carbons (Fsp3) is 0.100. The molecule has 0 amide bonds. The van der Waals surface area contributed by atoms with Gasteiger partial charge in [0.1, 0.15) is 11.4 Å². The van der Waals surface area contributed by atoms with Gasteiger partial charge in [-0.05, 0) is 24.6 Å². The molecule has 0 unspecified atom stereocenters. The Morgan fingerprint density at radius 2 is 1.86 bits per heavy atom. The molecule has 4 heteroatoms. The summed E-state index contributed by atoms with van der Waals surface area (Å²) in [4.78, 5) is 12.1. The monoisotopic (exact) mass is 187 g/mol. The lowest BCUT2D eigenvalue weighted by Gasteiger charge is -2.01. The molecule has 2 aromatic heterocycles. The number of hydrogen-bond acceptors (Lipinski definition) is 4. The fourth-order valence-electron chi connectivity index (χ4n) is 1.15. The summed E-state index contributed by atoms with van der Waals surface area (Å²) in [7, 11) is 0. The number of rotatable bonds is 1. The van der Waals surface area contributed by atoms with Crippen molar-refractivity contribution in [3.63, 3.8) is 0 Å². The van der Waals surface area contributed by atoms with Crippen molar-refractivity contribution >= 4 is 0 Å². The van der Waals surface area contributed by atoms with Gasteiger partial charge in [-0.15, -0.1) is 0 Å². The van der Waals surface area contributed by atoms with Gasteiger partial charge in [-0.25, -0.2) is 15.0 Å². The predicted molar refractivity (Wildman–Crippen MR) is 51.7 cm³/mol. The van der Waals surface area contributed by atoms with Gasteiger partial charge in [0.15, 0.2) is 5.82 Å². The number of aromatic hydroxyl groups is 1. The Labute approximate surface area is 81.3 Å². The lowest BCUT2D eigenvalue weighted by atomic mass is 10.2. The molecule has 2 aromatic rings. The Kier molecular flexibility index (Phi) is 2.10. The molecular weight excluding hydrogens is 178 g/mol. The zero-order chi connectivity index (χ0) is 9.97. The zero-order valence-corrected chi connectivity index (χ0v) is 7.68. The van der Waals surface area contributed by atoms with Crippen molar-refractivity contribution in [3.8, 4) is 17.3 Å². The summed E-state index contributed by atoms with van der Waals surface area (Å²) in [5.74, 6) is 0.543. The molecule has 0 spiro atoms. The van der Waals surface area contributed by atoms with Crippen molar-refractivity contribution in [2.24, 2.45) is 0 Å². The Hall–Kier alpha value is -1.97. The van der Waals surface area contributed by atoms with E-state index in [1.54, 1.807) is 30.7 Å². The standard InChI is InChI=1S/C10H9N3O/c1-7-5-8(14)9(13-6-7)10-11-3-2-4-12-10/h2-6,14H,1H3. The predicted octanol–water partition coefficient (Wildman–Crippen LogP) is 1.55. The normalized spacial score (nSPS) is 10.1. The number of hydrogen-bond donors (Lipinski definition) is 1. The Balaban J connectivity index is 2.53. The average Bonchev–Trinajstić information content (AvgIpc) is 2.19. The van der Waals surface area contributed by atoms with Crippen molar-refractivity contribution < 1.29 is 5.11 Å². The third-order valence-corrected chi connectivity index (χ3v) is 1.78. The van der Waals surface area contributed by atoms with Crippen LogP contribution in [0.1, 0.15) is 5.56 Å². The van der Waals surface area contributed by atoms with E-state index >= 15 is 0 Å². The van der Waals surface area contributed by atoms with E-state index in [0.717, 1.165) is 5.56 Å². The summed E-state index contributed by atoms with van der Waals surface area (Å²) < 4.78 is 0. The highest BCUT2D eigenvalue weighted by Crippen LogP contribution is 2.23. The second kappa shape index (κ2) is 3.41. The molecule has 4 nitrogen and oxygen atoms in total. The fourth-order valence-corrected chi connectivity index (χ4v) is 1.15. The van der Waals surface area contributed by atoms with Gasteiger partial charge in [-0.1, -0.05) is 0 Å². The lowest BCUT2D eigenvalue weighted by molar-refractivity contribution is 0.474. The summed E-state index contributed by atoms with van der Waals surface area (Å²) in [6, 6.07) is 3.35. The first kappa shape index (κ1) is 8.62. The molecule has 0 radical (unpaired) electrons. The molecule has 14 heavy (non-hydrogen) atoms. The van der Waals surface area contributed by atoms with Gasteiger partial charge >= 0.3 is 0 Å². The second-order valence-corrected chi connectivity index (χ2v) is 2.95. The second-order valence-electron chi connectivity index (χ2n) is 2.95. The van der Waals surface area contributed by atoms with Crippen LogP contribution >= 0.6 is 0 Å². The van der Waals surface area contributed by atoms with Crippen LogP contribution in [0.2, 0.25) is 0 Å². The molecule has 0 saturated heterocycles. The van der Waals surface area contributed by atoms with Crippen molar-refractivity contribution in [2.75, 3.05) is 0 Å². The van der Waals surface area contributed by atoms with Gasteiger partial charge in [0.25, 0.3) is 0 Å². The maximum Gasteiger partial charge on any atom is 0.181 e. The zero-order valence-electron chi connectivity index (χ0n) is 7.68. The van der Waals surface area contributed by atoms with Gasteiger partial charge in [0.05, 0.1) is 0 Å². The summed E-state index contributed by atoms with van der Waals surface area (Å²) in [5, 5.41) is 9.60. The van der Waals surface area contributed by atoms with Gasteiger partial charge in [0.2, 0.25) is 0 Å². The molecule has 0 bridgehead atoms. The quantitative estimate of drug-likeness (QED) is 0.735. The molecule has 0 saturated carbocycles. The van der Waals surface area contributed by atoms with E-state index in [0.29, 0.717) is 11.5 Å². The third-order valence-electron chi connectivity index (χ3n) is 1.78. The van der Waals surface area contributed by atoms with Crippen LogP contribution in [-0.2, 0) is 0 Å². The Morgan fingerprint density at radius 3 is 2.50 bits per heavy atom. The van der Waals surface area contributed by atoms with Crippen molar-refractivity contribution in [2.45, 2.75) is 6.92 Å². The van der Waals surface area contributed by atoms with E-state index in [-0.39, 0.29) is 5.75 Å². The number of aromatic nitrogens is 3. The van der Waals surface area contributed by atoms with E-state index in [2.05, 4.69) is 15.0 Å². The first-order chi connectivity index (χ1) is 6.77. The highest BCUT2D eigenvalue weighted by atomic mass is 16.3. The first-order valence-corrected chi connectivity index (χ1v) is 4.20. The highest BCUT2D eigenvalue weighted by Gasteiger charge is 2.07. The highest BCUT2D eigenvalue weighted by molar-refractivity contribution is 5.58. The van der Waals surface area contributed by atoms with Gasteiger partial charge in [0, 0.05) is 18.6 Å². The molecule has 0 atom stereocenters. The van der Waals surface area contributed by atoms with E-state index in [4.69, 9.17) is 0 Å². The van der Waals surface area contributed by atoms with Crippen LogP contribution in [0.3, 0.4) is 0 Å². The topological polar surface area (TPSA) is 58.9 Å². The summed E-state index contributed by atoms with van der Waals surface area (Å²) in [6.07, 6.45) is 4.90. The van der Waals surface area contributed by atoms with E-state index < -0.39 is 0 Å². The molecule has 2 heterocycles. The largest absolute Gasteiger partial charge is 0.506 e. The van der Waals surface area contributed by atoms with E-state index in [1.165, 1.54) is 0 Å². The maximum atomic E-state index is 9.60. The SMILES string of the molecule is Cc1cnc(-c2ncccn2)c(O)c1. The minimum Gasteiger partial charge on any atom is -0.506 e. The van der Waals surface area contributed by atoms with Crippen LogP contribution in [0, 0.1) is 6.92 Å². The molecule has 70 valence electrons. The number of aryl methyl sites for hydroxylation is 1. The van der Waals surface area contributed by atoms with Crippen LogP contribution in [0.5, 0.6) is 5.75 Å². The molecular formula is C10H9N3O. The average molecular weight is 187 g/mol. The van der Waals surface area contributed by atoms with Gasteiger partial charge < -0.3 is 5.11 Å². The van der Waals surface area contributed by atoms with Crippen LogP contribution in [-0.4, -0.2) is 20.1 Å². The number of pyridine rings is 1. The smallest absolute Gasteiger partial charge is 0.181 e. The molecule has 0 aliphatic rings. The lowest BCUT2D eigenvalue weighted by Crippen LogP contribution is -1.91. The van der Waals surface area contributed by atoms with Gasteiger partial charge in [-0.3, -0.25) is 0 Å². The van der Waals surface area contributed by atoms with Crippen LogP contribution in [0.15, 0.2) is 30.7 Å². The summed E-state index contributed by atoms with van der Waals surface area (Å²) in [5.41, 5.74) is 1.32. The Morgan fingerprint density at radius 1 is 1.14 bits per heavy atom. The summed E-state index contributed by atoms with van der Waals surface area (Å²) in [6.45, 7) is 1.86. The van der Waals surface area contributed by atoms with Gasteiger partial charge in [-0.2, -0.15) is 0 Å². The molecule has 0 fully saturated rings. The van der Waals surface area contributed by atoms with Crippen LogP contribution < -0.4 is 0 Å². The minimum absolute atomic E-state index is 0.108. The van der Waals surface area contributed by atoms with Crippen molar-refractivity contribution in [1.82, 2.24) is 15.0 Å². The Bertz CT molecular complexity index is 442. The number of nitrogens with zero attached hydrogens (tertiary/aromatic N) is 3. The summed E-state index contributed by atoms with van der Waals surface area (Å²) >= 11 is 0. The molecule has 1 N–H and O–H groups in total.